The van der Waals surface area contributed by atoms with Gasteiger partial charge in [-0.15, -0.1) is 0 Å². The summed E-state index contributed by atoms with van der Waals surface area (Å²) in [4.78, 5) is 27.0. The van der Waals surface area contributed by atoms with Crippen molar-refractivity contribution in [3.8, 4) is 5.75 Å². The molecule has 0 spiro atoms. The predicted molar refractivity (Wildman–Crippen MR) is 182 cm³/mol. The molecule has 252 valence electrons. The van der Waals surface area contributed by atoms with Gasteiger partial charge in [0.1, 0.15) is 28.9 Å². The summed E-state index contributed by atoms with van der Waals surface area (Å²) in [5, 5.41) is 9.26. The molecule has 2 fully saturated rings. The molecule has 45 heavy (non-hydrogen) atoms. The van der Waals surface area contributed by atoms with Crippen LogP contribution in [0.15, 0.2) is 45.3 Å². The first kappa shape index (κ1) is 38.8. The van der Waals surface area contributed by atoms with Gasteiger partial charge in [0.2, 0.25) is 0 Å². The Morgan fingerprint density at radius 1 is 0.756 bits per heavy atom. The van der Waals surface area contributed by atoms with Crippen LogP contribution >= 0.6 is 31.9 Å². The molecule has 2 aromatic rings. The largest absolute Gasteiger partial charge is 0.489 e. The van der Waals surface area contributed by atoms with E-state index in [-0.39, 0.29) is 30.2 Å². The number of likely N-dealkylation sites (tertiary alicyclic amines) is 2. The van der Waals surface area contributed by atoms with Gasteiger partial charge >= 0.3 is 12.2 Å². The Balaban J connectivity index is 0.000000261. The highest BCUT2D eigenvalue weighted by Gasteiger charge is 2.28. The Morgan fingerprint density at radius 2 is 1.18 bits per heavy atom. The molecule has 0 atom stereocenters. The molecule has 2 aliphatic heterocycles. The van der Waals surface area contributed by atoms with E-state index in [1.54, 1.807) is 15.9 Å². The molecular weight excluding hydrogens is 711 g/mol. The lowest BCUT2D eigenvalue weighted by molar-refractivity contribution is 0.00958. The third kappa shape index (κ3) is 14.3. The van der Waals surface area contributed by atoms with Gasteiger partial charge in [0.05, 0.1) is 15.0 Å². The molecule has 1 N–H and O–H groups in total. The van der Waals surface area contributed by atoms with Gasteiger partial charge in [-0.1, -0.05) is 24.3 Å². The molecule has 8 nitrogen and oxygen atoms in total. The van der Waals surface area contributed by atoms with Crippen molar-refractivity contribution in [3.63, 3.8) is 0 Å². The number of halogens is 3. The number of aryl methyl sites for hydroxylation is 2. The standard InChI is InChI=1S/C17H24BrNO3.C10H19NO3.C7H6BrF/c1-12-6-5-7-14(15(12)18)21-13-8-10-19(11-9-13)16(20)22-17(2,3)4;1-10(2,3)14-9(13)11-6-4-8(12)5-7-11;1-5-3-2-4-6(9)7(5)8/h5-7,13H,8-11H2,1-4H3;8,12H,4-7H2,1-3H3;2-4H,1H3. The van der Waals surface area contributed by atoms with Crippen LogP contribution in [0.2, 0.25) is 0 Å². The number of amides is 2. The molecule has 4 rings (SSSR count). The summed E-state index contributed by atoms with van der Waals surface area (Å²) in [6.07, 6.45) is 2.31. The lowest BCUT2D eigenvalue weighted by Gasteiger charge is -2.33. The third-order valence-corrected chi connectivity index (χ3v) is 8.82. The molecular formula is C34H49Br2FN2O6. The lowest BCUT2D eigenvalue weighted by atomic mass is 10.1. The van der Waals surface area contributed by atoms with Crippen LogP contribution in [0, 0.1) is 19.7 Å². The molecule has 11 heteroatoms. The van der Waals surface area contributed by atoms with Gasteiger partial charge in [-0.2, -0.15) is 0 Å². The molecule has 0 radical (unpaired) electrons. The second kappa shape index (κ2) is 17.5. The lowest BCUT2D eigenvalue weighted by Crippen LogP contribution is -2.44. The van der Waals surface area contributed by atoms with E-state index in [0.717, 1.165) is 34.2 Å². The molecule has 2 saturated heterocycles. The number of rotatable bonds is 2. The highest BCUT2D eigenvalue weighted by molar-refractivity contribution is 9.11. The number of piperidine rings is 2. The van der Waals surface area contributed by atoms with Crippen molar-refractivity contribution < 1.29 is 33.3 Å². The van der Waals surface area contributed by atoms with E-state index in [4.69, 9.17) is 14.2 Å². The summed E-state index contributed by atoms with van der Waals surface area (Å²) < 4.78 is 30.8. The average Bonchev–Trinajstić information content (AvgIpc) is 2.94. The fourth-order valence-electron chi connectivity index (χ4n) is 4.36. The van der Waals surface area contributed by atoms with Gasteiger partial charge in [-0.25, -0.2) is 14.0 Å². The summed E-state index contributed by atoms with van der Waals surface area (Å²) in [6, 6.07) is 11.0. The van der Waals surface area contributed by atoms with Crippen molar-refractivity contribution in [1.82, 2.24) is 9.80 Å². The van der Waals surface area contributed by atoms with Crippen LogP contribution in [-0.4, -0.2) is 76.7 Å². The molecule has 2 amide bonds. The fourth-order valence-corrected chi connectivity index (χ4v) is 4.98. The Hall–Kier alpha value is -2.37. The van der Waals surface area contributed by atoms with Gasteiger partial charge in [-0.3, -0.25) is 0 Å². The van der Waals surface area contributed by atoms with Crippen LogP contribution in [-0.2, 0) is 9.47 Å². The second-order valence-corrected chi connectivity index (χ2v) is 14.8. The average molecular weight is 761 g/mol. The number of hydrogen-bond acceptors (Lipinski definition) is 6. The van der Waals surface area contributed by atoms with Crippen molar-refractivity contribution in [2.75, 3.05) is 26.2 Å². The van der Waals surface area contributed by atoms with Crippen molar-refractivity contribution in [3.05, 3.63) is 62.3 Å². The molecule has 0 aliphatic carbocycles. The number of nitrogens with zero attached hydrogens (tertiary/aromatic N) is 2. The number of carbonyl (C=O) groups is 2. The van der Waals surface area contributed by atoms with E-state index in [2.05, 4.69) is 31.9 Å². The van der Waals surface area contributed by atoms with Crippen LogP contribution < -0.4 is 4.74 Å². The van der Waals surface area contributed by atoms with E-state index in [1.807, 2.05) is 79.7 Å². The number of aliphatic hydroxyl groups excluding tert-OH is 1. The number of benzene rings is 2. The minimum absolute atomic E-state index is 0.136. The quantitative estimate of drug-likeness (QED) is 0.330. The summed E-state index contributed by atoms with van der Waals surface area (Å²) in [7, 11) is 0. The molecule has 0 bridgehead atoms. The summed E-state index contributed by atoms with van der Waals surface area (Å²) >= 11 is 6.67. The number of ether oxygens (including phenoxy) is 3. The number of aliphatic hydroxyl groups is 1. The van der Waals surface area contributed by atoms with Crippen LogP contribution in [0.5, 0.6) is 5.75 Å². The van der Waals surface area contributed by atoms with Crippen LogP contribution in [0.3, 0.4) is 0 Å². The van der Waals surface area contributed by atoms with E-state index in [9.17, 15) is 19.1 Å². The maximum absolute atomic E-state index is 12.5. The number of hydrogen-bond donors (Lipinski definition) is 1. The molecule has 0 aromatic heterocycles. The fraction of sp³-hybridized carbons (Fsp3) is 0.588. The minimum Gasteiger partial charge on any atom is -0.489 e. The minimum atomic E-state index is -0.448. The first-order chi connectivity index (χ1) is 20.9. The Bertz CT molecular complexity index is 1230. The zero-order valence-corrected chi connectivity index (χ0v) is 31.0. The molecule has 0 saturated carbocycles. The summed E-state index contributed by atoms with van der Waals surface area (Å²) in [6.45, 7) is 17.6. The molecule has 2 aromatic carbocycles. The van der Waals surface area contributed by atoms with E-state index < -0.39 is 11.2 Å². The van der Waals surface area contributed by atoms with E-state index >= 15 is 0 Å². The zero-order chi connectivity index (χ0) is 33.9. The Labute approximate surface area is 284 Å². The smallest absolute Gasteiger partial charge is 0.410 e. The summed E-state index contributed by atoms with van der Waals surface area (Å²) in [5.74, 6) is 0.672. The highest BCUT2D eigenvalue weighted by Crippen LogP contribution is 2.30. The Kier molecular flexibility index (Phi) is 15.1. The van der Waals surface area contributed by atoms with Gasteiger partial charge in [0, 0.05) is 39.0 Å². The van der Waals surface area contributed by atoms with E-state index in [1.165, 1.54) is 6.07 Å². The predicted octanol–water partition coefficient (Wildman–Crippen LogP) is 8.81. The summed E-state index contributed by atoms with van der Waals surface area (Å²) in [5.41, 5.74) is 1.20. The second-order valence-electron chi connectivity index (χ2n) is 13.2. The van der Waals surface area contributed by atoms with Crippen molar-refractivity contribution in [2.45, 2.75) is 104 Å². The number of carbonyl (C=O) groups excluding carboxylic acids is 2. The first-order valence-electron chi connectivity index (χ1n) is 15.3. The molecule has 2 heterocycles. The third-order valence-electron chi connectivity index (χ3n) is 6.80. The zero-order valence-electron chi connectivity index (χ0n) is 27.8. The van der Waals surface area contributed by atoms with Crippen LogP contribution in [0.4, 0.5) is 14.0 Å². The van der Waals surface area contributed by atoms with Crippen LogP contribution in [0.25, 0.3) is 0 Å². The normalized spacial score (nSPS) is 16.1. The maximum Gasteiger partial charge on any atom is 0.410 e. The first-order valence-corrected chi connectivity index (χ1v) is 16.9. The van der Waals surface area contributed by atoms with E-state index in [0.29, 0.717) is 43.5 Å². The Morgan fingerprint density at radius 3 is 1.60 bits per heavy atom. The van der Waals surface area contributed by atoms with Gasteiger partial charge < -0.3 is 29.1 Å². The maximum atomic E-state index is 12.5. The van der Waals surface area contributed by atoms with Gasteiger partial charge in [-0.05, 0) is 123 Å². The van der Waals surface area contributed by atoms with Gasteiger partial charge in [0.15, 0.2) is 0 Å². The van der Waals surface area contributed by atoms with Crippen molar-refractivity contribution in [2.24, 2.45) is 0 Å². The highest BCUT2D eigenvalue weighted by atomic mass is 79.9. The molecule has 2 aliphatic rings. The van der Waals surface area contributed by atoms with Crippen LogP contribution in [0.1, 0.15) is 78.4 Å². The van der Waals surface area contributed by atoms with Crippen molar-refractivity contribution in [1.29, 1.82) is 0 Å². The topological polar surface area (TPSA) is 88.5 Å². The molecule has 0 unspecified atom stereocenters. The van der Waals surface area contributed by atoms with Gasteiger partial charge in [0.25, 0.3) is 0 Å². The van der Waals surface area contributed by atoms with Crippen molar-refractivity contribution >= 4 is 44.0 Å². The SMILES string of the molecule is CC(C)(C)OC(=O)N1CCC(O)CC1.Cc1cccc(F)c1Br.Cc1cccc(OC2CCN(C(=O)OC(C)(C)C)CC2)c1Br. The monoisotopic (exact) mass is 758 g/mol.